The molecule has 0 aromatic heterocycles. The molecule has 3 aromatic rings. The molecule has 6 heteroatoms. The molecule has 0 spiro atoms. The summed E-state index contributed by atoms with van der Waals surface area (Å²) in [6.45, 7) is 4.93. The molecule has 0 saturated heterocycles. The van der Waals surface area contributed by atoms with Crippen LogP contribution in [0, 0.1) is 13.8 Å². The third-order valence-electron chi connectivity index (χ3n) is 5.54. The van der Waals surface area contributed by atoms with Gasteiger partial charge in [0, 0.05) is 21.7 Å². The zero-order chi connectivity index (χ0) is 22.2. The Hall–Kier alpha value is -3.28. The maximum atomic E-state index is 13.0. The molecule has 0 saturated carbocycles. The second-order valence-corrected chi connectivity index (χ2v) is 8.31. The number of carbonyl (C=O) groups excluding carboxylic acids is 1. The Bertz CT molecular complexity index is 1240. The van der Waals surface area contributed by atoms with Gasteiger partial charge < -0.3 is 18.9 Å². The molecular formula is C26H21ClO5. The van der Waals surface area contributed by atoms with Crippen LogP contribution in [-0.4, -0.2) is 12.6 Å². The molecule has 0 bridgehead atoms. The zero-order valence-corrected chi connectivity index (χ0v) is 18.5. The van der Waals surface area contributed by atoms with E-state index in [0.717, 1.165) is 16.7 Å². The molecule has 32 heavy (non-hydrogen) atoms. The van der Waals surface area contributed by atoms with Gasteiger partial charge in [-0.1, -0.05) is 41.4 Å². The van der Waals surface area contributed by atoms with Crippen molar-refractivity contribution in [2.75, 3.05) is 6.79 Å². The average Bonchev–Trinajstić information content (AvgIpc) is 3.10. The minimum atomic E-state index is -0.186. The molecule has 0 N–H and O–H groups in total. The van der Waals surface area contributed by atoms with E-state index in [1.54, 1.807) is 24.3 Å². The van der Waals surface area contributed by atoms with Crippen molar-refractivity contribution < 1.29 is 23.7 Å². The molecule has 0 fully saturated rings. The summed E-state index contributed by atoms with van der Waals surface area (Å²) in [7, 11) is 0. The first-order valence-electron chi connectivity index (χ1n) is 10.3. The number of Topliss-reactive ketones (excluding diaryl/α,β-unsaturated/α-hetero) is 1. The Kier molecular flexibility index (Phi) is 5.37. The second-order valence-electron chi connectivity index (χ2n) is 7.87. The number of hydrogen-bond acceptors (Lipinski definition) is 5. The number of ether oxygens (including phenoxy) is 4. The lowest BCUT2D eigenvalue weighted by atomic mass is 10.0. The third-order valence-corrected chi connectivity index (χ3v) is 5.76. The number of rotatable bonds is 4. The molecule has 2 aliphatic heterocycles. The maximum Gasteiger partial charge on any atom is 0.231 e. The smallest absolute Gasteiger partial charge is 0.231 e. The fourth-order valence-electron chi connectivity index (χ4n) is 3.83. The van der Waals surface area contributed by atoms with E-state index in [2.05, 4.69) is 12.1 Å². The van der Waals surface area contributed by atoms with E-state index < -0.39 is 0 Å². The summed E-state index contributed by atoms with van der Waals surface area (Å²) >= 11 is 6.25. The van der Waals surface area contributed by atoms with E-state index in [4.69, 9.17) is 30.5 Å². The van der Waals surface area contributed by atoms with Crippen molar-refractivity contribution in [1.29, 1.82) is 0 Å². The Morgan fingerprint density at radius 2 is 1.88 bits per heavy atom. The Morgan fingerprint density at radius 1 is 1.06 bits per heavy atom. The Morgan fingerprint density at radius 3 is 2.69 bits per heavy atom. The monoisotopic (exact) mass is 448 g/mol. The summed E-state index contributed by atoms with van der Waals surface area (Å²) < 4.78 is 23.0. The summed E-state index contributed by atoms with van der Waals surface area (Å²) in [5.41, 5.74) is 5.08. The van der Waals surface area contributed by atoms with Crippen molar-refractivity contribution in [1.82, 2.24) is 0 Å². The zero-order valence-electron chi connectivity index (χ0n) is 17.7. The van der Waals surface area contributed by atoms with Gasteiger partial charge in [-0.15, -0.1) is 0 Å². The van der Waals surface area contributed by atoms with E-state index in [0.29, 0.717) is 46.6 Å². The fourth-order valence-corrected chi connectivity index (χ4v) is 4.08. The molecule has 5 rings (SSSR count). The van der Waals surface area contributed by atoms with Crippen molar-refractivity contribution in [2.45, 2.75) is 27.1 Å². The number of halogens is 1. The van der Waals surface area contributed by atoms with Crippen LogP contribution in [0.25, 0.3) is 6.08 Å². The standard InChI is InChI=1S/C26H21ClO5/c1-15-3-5-17(6-4-15)12-30-22-8-7-21-24(28)23(32-25(21)16(22)2)11-18-9-20(27)10-19-13-29-14-31-26(18)19/h3-11H,12-14H2,1-2H3/b23-11-. The number of allylic oxidation sites excluding steroid dienone is 1. The highest BCUT2D eigenvalue weighted by atomic mass is 35.5. The van der Waals surface area contributed by atoms with Crippen molar-refractivity contribution in [3.63, 3.8) is 0 Å². The normalized spacial score (nSPS) is 15.7. The molecule has 3 aromatic carbocycles. The van der Waals surface area contributed by atoms with Crippen LogP contribution in [0.1, 0.15) is 38.2 Å². The van der Waals surface area contributed by atoms with E-state index in [1.807, 2.05) is 32.0 Å². The van der Waals surface area contributed by atoms with Crippen LogP contribution in [0.2, 0.25) is 5.02 Å². The quantitative estimate of drug-likeness (QED) is 0.457. The summed E-state index contributed by atoms with van der Waals surface area (Å²) in [6.07, 6.45) is 1.67. The van der Waals surface area contributed by atoms with Gasteiger partial charge in [0.15, 0.2) is 12.6 Å². The minimum Gasteiger partial charge on any atom is -0.488 e. The van der Waals surface area contributed by atoms with Crippen LogP contribution in [0.4, 0.5) is 0 Å². The van der Waals surface area contributed by atoms with Gasteiger partial charge in [0.05, 0.1) is 12.2 Å². The van der Waals surface area contributed by atoms with E-state index in [9.17, 15) is 4.79 Å². The van der Waals surface area contributed by atoms with Gasteiger partial charge >= 0.3 is 0 Å². The average molecular weight is 449 g/mol. The number of hydrogen-bond donors (Lipinski definition) is 0. The first kappa shape index (κ1) is 20.6. The molecule has 162 valence electrons. The predicted octanol–water partition coefficient (Wildman–Crippen LogP) is 6.02. The van der Waals surface area contributed by atoms with Crippen LogP contribution in [0.3, 0.4) is 0 Å². The SMILES string of the molecule is Cc1ccc(COc2ccc3c(c2C)O/C(=C\c2cc(Cl)cc4c2OCOC4)C3=O)cc1. The van der Waals surface area contributed by atoms with Crippen LogP contribution in [0.15, 0.2) is 54.3 Å². The number of carbonyl (C=O) groups is 1. The number of fused-ring (bicyclic) bond motifs is 2. The molecule has 0 radical (unpaired) electrons. The molecule has 2 heterocycles. The largest absolute Gasteiger partial charge is 0.488 e. The number of aryl methyl sites for hydroxylation is 1. The molecule has 2 aliphatic rings. The topological polar surface area (TPSA) is 54.0 Å². The van der Waals surface area contributed by atoms with Gasteiger partial charge in [0.25, 0.3) is 0 Å². The third kappa shape index (κ3) is 3.85. The summed E-state index contributed by atoms with van der Waals surface area (Å²) in [5, 5.41) is 0.538. The number of ketones is 1. The maximum absolute atomic E-state index is 13.0. The molecule has 0 atom stereocenters. The fraction of sp³-hybridized carbons (Fsp3) is 0.192. The van der Waals surface area contributed by atoms with Gasteiger partial charge in [-0.3, -0.25) is 4.79 Å². The predicted molar refractivity (Wildman–Crippen MR) is 121 cm³/mol. The van der Waals surface area contributed by atoms with E-state index >= 15 is 0 Å². The lowest BCUT2D eigenvalue weighted by Crippen LogP contribution is -2.12. The highest BCUT2D eigenvalue weighted by molar-refractivity contribution is 6.31. The Labute approximate surface area is 191 Å². The molecule has 0 aliphatic carbocycles. The number of benzene rings is 3. The Balaban J connectivity index is 1.42. The van der Waals surface area contributed by atoms with Crippen molar-refractivity contribution in [2.24, 2.45) is 0 Å². The first-order chi connectivity index (χ1) is 15.5. The second kappa shape index (κ2) is 8.34. The summed E-state index contributed by atoms with van der Waals surface area (Å²) in [4.78, 5) is 13.0. The minimum absolute atomic E-state index is 0.153. The molecule has 0 unspecified atom stereocenters. The van der Waals surface area contributed by atoms with Crippen molar-refractivity contribution in [3.05, 3.63) is 92.7 Å². The van der Waals surface area contributed by atoms with Gasteiger partial charge in [-0.05, 0) is 49.8 Å². The highest BCUT2D eigenvalue weighted by Gasteiger charge is 2.31. The van der Waals surface area contributed by atoms with Gasteiger partial charge in [-0.25, -0.2) is 0 Å². The molecule has 0 amide bonds. The van der Waals surface area contributed by atoms with E-state index in [1.165, 1.54) is 5.56 Å². The van der Waals surface area contributed by atoms with Crippen LogP contribution < -0.4 is 14.2 Å². The first-order valence-corrected chi connectivity index (χ1v) is 10.7. The van der Waals surface area contributed by atoms with Gasteiger partial charge in [0.1, 0.15) is 23.9 Å². The summed E-state index contributed by atoms with van der Waals surface area (Å²) in [6, 6.07) is 15.3. The van der Waals surface area contributed by atoms with Gasteiger partial charge in [0.2, 0.25) is 5.78 Å². The van der Waals surface area contributed by atoms with Crippen LogP contribution >= 0.6 is 11.6 Å². The molecular weight excluding hydrogens is 428 g/mol. The summed E-state index contributed by atoms with van der Waals surface area (Å²) in [5.74, 6) is 1.88. The van der Waals surface area contributed by atoms with Crippen LogP contribution in [0.5, 0.6) is 17.2 Å². The van der Waals surface area contributed by atoms with Crippen molar-refractivity contribution >= 4 is 23.5 Å². The molecule has 5 nitrogen and oxygen atoms in total. The van der Waals surface area contributed by atoms with E-state index in [-0.39, 0.29) is 18.3 Å². The lowest BCUT2D eigenvalue weighted by molar-refractivity contribution is -0.0165. The van der Waals surface area contributed by atoms with Crippen molar-refractivity contribution in [3.8, 4) is 17.2 Å². The van der Waals surface area contributed by atoms with Gasteiger partial charge in [-0.2, -0.15) is 0 Å². The van der Waals surface area contributed by atoms with Crippen LogP contribution in [-0.2, 0) is 18.0 Å². The lowest BCUT2D eigenvalue weighted by Gasteiger charge is -2.20. The highest BCUT2D eigenvalue weighted by Crippen LogP contribution is 2.41.